The maximum absolute atomic E-state index is 12.1. The number of hydrogen-bond donors (Lipinski definition) is 2. The van der Waals surface area contributed by atoms with Crippen molar-refractivity contribution in [2.75, 3.05) is 17.6 Å². The van der Waals surface area contributed by atoms with Crippen LogP contribution in [0, 0.1) is 0 Å². The number of carbonyl (C=O) groups excluding carboxylic acids is 1. The van der Waals surface area contributed by atoms with E-state index in [0.717, 1.165) is 36.0 Å². The lowest BCUT2D eigenvalue weighted by molar-refractivity contribution is 0.0947. The smallest absolute Gasteiger partial charge is 0.251 e. The van der Waals surface area contributed by atoms with Gasteiger partial charge in [-0.25, -0.2) is 8.42 Å². The molecule has 0 bridgehead atoms. The summed E-state index contributed by atoms with van der Waals surface area (Å²) in [5, 5.41) is 7.18. The molecule has 1 atom stereocenters. The van der Waals surface area contributed by atoms with Gasteiger partial charge in [0.15, 0.2) is 9.84 Å². The number of nitrogens with one attached hydrogen (secondary N) is 2. The number of rotatable bonds is 2. The van der Waals surface area contributed by atoms with Gasteiger partial charge in [-0.15, -0.1) is 0 Å². The molecule has 6 heteroatoms. The maximum atomic E-state index is 12.1. The van der Waals surface area contributed by atoms with Crippen LogP contribution >= 0.6 is 0 Å². The SMILES string of the molecule is O=C(NC1C=CS(=O)(=O)C1)c1ccc2c(c1)CCCN2. The number of amides is 1. The van der Waals surface area contributed by atoms with Crippen LogP contribution in [0.15, 0.2) is 29.7 Å². The van der Waals surface area contributed by atoms with Crippen LogP contribution in [0.25, 0.3) is 0 Å². The Balaban J connectivity index is 1.73. The zero-order chi connectivity index (χ0) is 14.2. The van der Waals surface area contributed by atoms with E-state index in [1.54, 1.807) is 6.07 Å². The molecule has 5 nitrogen and oxygen atoms in total. The number of sulfone groups is 1. The van der Waals surface area contributed by atoms with Crippen LogP contribution in [0.1, 0.15) is 22.3 Å². The minimum absolute atomic E-state index is 0.0504. The summed E-state index contributed by atoms with van der Waals surface area (Å²) in [5.41, 5.74) is 2.79. The van der Waals surface area contributed by atoms with Crippen LogP contribution in [0.5, 0.6) is 0 Å². The first-order chi connectivity index (χ1) is 9.53. The van der Waals surface area contributed by atoms with Gasteiger partial charge < -0.3 is 10.6 Å². The number of fused-ring (bicyclic) bond motifs is 1. The van der Waals surface area contributed by atoms with E-state index in [2.05, 4.69) is 10.6 Å². The topological polar surface area (TPSA) is 75.3 Å². The highest BCUT2D eigenvalue weighted by atomic mass is 32.2. The molecule has 0 saturated heterocycles. The van der Waals surface area contributed by atoms with Crippen molar-refractivity contribution in [2.45, 2.75) is 18.9 Å². The van der Waals surface area contributed by atoms with Crippen LogP contribution in [-0.4, -0.2) is 32.7 Å². The Kier molecular flexibility index (Phi) is 3.25. The number of benzene rings is 1. The zero-order valence-corrected chi connectivity index (χ0v) is 11.7. The van der Waals surface area contributed by atoms with Gasteiger partial charge in [-0.05, 0) is 42.7 Å². The average molecular weight is 292 g/mol. The summed E-state index contributed by atoms with van der Waals surface area (Å²) >= 11 is 0. The number of aryl methyl sites for hydroxylation is 1. The van der Waals surface area contributed by atoms with Crippen molar-refractivity contribution in [1.82, 2.24) is 5.32 Å². The standard InChI is InChI=1S/C14H16N2O3S/c17-14(16-12-5-7-20(18,19)9-12)11-3-4-13-10(8-11)2-1-6-15-13/h3-5,7-8,12,15H,1-2,6,9H2,(H,16,17). The molecule has 0 radical (unpaired) electrons. The fourth-order valence-corrected chi connectivity index (χ4v) is 3.77. The third-order valence-electron chi connectivity index (χ3n) is 3.55. The minimum atomic E-state index is -3.14. The third kappa shape index (κ3) is 2.70. The molecule has 1 aromatic carbocycles. The maximum Gasteiger partial charge on any atom is 0.251 e. The van der Waals surface area contributed by atoms with E-state index in [0.29, 0.717) is 5.56 Å². The van der Waals surface area contributed by atoms with E-state index < -0.39 is 15.9 Å². The number of carbonyl (C=O) groups is 1. The predicted molar refractivity (Wildman–Crippen MR) is 77.4 cm³/mol. The molecule has 2 heterocycles. The molecular formula is C14H16N2O3S. The van der Waals surface area contributed by atoms with Gasteiger partial charge in [-0.2, -0.15) is 0 Å². The van der Waals surface area contributed by atoms with Crippen molar-refractivity contribution < 1.29 is 13.2 Å². The van der Waals surface area contributed by atoms with Gasteiger partial charge in [0.05, 0.1) is 11.8 Å². The quantitative estimate of drug-likeness (QED) is 0.855. The molecule has 2 aliphatic heterocycles. The Labute approximate surface area is 118 Å². The second-order valence-corrected chi connectivity index (χ2v) is 7.07. The molecule has 0 aliphatic carbocycles. The lowest BCUT2D eigenvalue weighted by Crippen LogP contribution is -2.35. The molecule has 0 saturated carbocycles. The second kappa shape index (κ2) is 4.94. The zero-order valence-electron chi connectivity index (χ0n) is 10.9. The Morgan fingerprint density at radius 1 is 1.35 bits per heavy atom. The summed E-state index contributed by atoms with van der Waals surface area (Å²) in [5.74, 6) is -0.282. The van der Waals surface area contributed by atoms with Crippen molar-refractivity contribution in [1.29, 1.82) is 0 Å². The Morgan fingerprint density at radius 2 is 2.20 bits per heavy atom. The fraction of sp³-hybridized carbons (Fsp3) is 0.357. The van der Waals surface area contributed by atoms with Crippen LogP contribution in [0.4, 0.5) is 5.69 Å². The van der Waals surface area contributed by atoms with Gasteiger partial charge >= 0.3 is 0 Å². The van der Waals surface area contributed by atoms with Crippen LogP contribution in [-0.2, 0) is 16.3 Å². The average Bonchev–Trinajstić information content (AvgIpc) is 2.77. The van der Waals surface area contributed by atoms with Gasteiger partial charge in [0.1, 0.15) is 0 Å². The van der Waals surface area contributed by atoms with E-state index >= 15 is 0 Å². The van der Waals surface area contributed by atoms with Crippen LogP contribution < -0.4 is 10.6 Å². The molecule has 0 aromatic heterocycles. The molecular weight excluding hydrogens is 276 g/mol. The molecule has 0 spiro atoms. The van der Waals surface area contributed by atoms with E-state index in [-0.39, 0.29) is 11.7 Å². The van der Waals surface area contributed by atoms with Crippen molar-refractivity contribution in [2.24, 2.45) is 0 Å². The molecule has 0 fully saturated rings. The second-order valence-electron chi connectivity index (χ2n) is 5.14. The van der Waals surface area contributed by atoms with Crippen molar-refractivity contribution in [3.8, 4) is 0 Å². The van der Waals surface area contributed by atoms with Crippen LogP contribution in [0.3, 0.4) is 0 Å². The monoisotopic (exact) mass is 292 g/mol. The van der Waals surface area contributed by atoms with Gasteiger partial charge in [-0.1, -0.05) is 0 Å². The molecule has 1 unspecified atom stereocenters. The fourth-order valence-electron chi connectivity index (χ4n) is 2.53. The molecule has 3 rings (SSSR count). The van der Waals surface area contributed by atoms with Crippen molar-refractivity contribution in [3.05, 3.63) is 40.8 Å². The summed E-state index contributed by atoms with van der Waals surface area (Å²) in [6.07, 6.45) is 3.54. The summed E-state index contributed by atoms with van der Waals surface area (Å²) in [7, 11) is -3.14. The largest absolute Gasteiger partial charge is 0.385 e. The number of anilines is 1. The highest BCUT2D eigenvalue weighted by Crippen LogP contribution is 2.23. The van der Waals surface area contributed by atoms with E-state index in [9.17, 15) is 13.2 Å². The van der Waals surface area contributed by atoms with Gasteiger partial charge in [-0.3, -0.25) is 4.79 Å². The molecule has 106 valence electrons. The first-order valence-corrected chi connectivity index (χ1v) is 8.34. The lowest BCUT2D eigenvalue weighted by atomic mass is 10.0. The predicted octanol–water partition coefficient (Wildman–Crippen LogP) is 1.09. The Morgan fingerprint density at radius 3 is 2.95 bits per heavy atom. The van der Waals surface area contributed by atoms with E-state index in [1.807, 2.05) is 12.1 Å². The summed E-state index contributed by atoms with van der Waals surface area (Å²) in [6, 6.07) is 5.12. The Bertz CT molecular complexity index is 680. The van der Waals surface area contributed by atoms with Gasteiger partial charge in [0, 0.05) is 23.2 Å². The first-order valence-electron chi connectivity index (χ1n) is 6.62. The van der Waals surface area contributed by atoms with Gasteiger partial charge in [0.2, 0.25) is 0 Å². The molecule has 20 heavy (non-hydrogen) atoms. The van der Waals surface area contributed by atoms with Gasteiger partial charge in [0.25, 0.3) is 5.91 Å². The normalized spacial score (nSPS) is 22.9. The third-order valence-corrected chi connectivity index (χ3v) is 4.95. The van der Waals surface area contributed by atoms with E-state index in [1.165, 1.54) is 6.08 Å². The highest BCUT2D eigenvalue weighted by Gasteiger charge is 2.23. The Hall–Kier alpha value is -1.82. The molecule has 1 aromatic rings. The van der Waals surface area contributed by atoms with E-state index in [4.69, 9.17) is 0 Å². The number of hydrogen-bond acceptors (Lipinski definition) is 4. The van der Waals surface area contributed by atoms with Crippen molar-refractivity contribution >= 4 is 21.4 Å². The summed E-state index contributed by atoms with van der Waals surface area (Å²) in [6.45, 7) is 0.962. The lowest BCUT2D eigenvalue weighted by Gasteiger charge is -2.19. The molecule has 2 aliphatic rings. The van der Waals surface area contributed by atoms with Crippen molar-refractivity contribution in [3.63, 3.8) is 0 Å². The summed E-state index contributed by atoms with van der Waals surface area (Å²) in [4.78, 5) is 12.1. The molecule has 2 N–H and O–H groups in total. The molecule has 1 amide bonds. The van der Waals surface area contributed by atoms with Crippen LogP contribution in [0.2, 0.25) is 0 Å². The highest BCUT2D eigenvalue weighted by molar-refractivity contribution is 7.94. The minimum Gasteiger partial charge on any atom is -0.385 e. The summed E-state index contributed by atoms with van der Waals surface area (Å²) < 4.78 is 22.6. The first kappa shape index (κ1) is 13.2.